The van der Waals surface area contributed by atoms with Crippen molar-refractivity contribution >= 4 is 23.5 Å². The second kappa shape index (κ2) is 10.1. The van der Waals surface area contributed by atoms with Crippen LogP contribution in [0.1, 0.15) is 34.2 Å². The molecule has 0 fully saturated rings. The fourth-order valence-electron chi connectivity index (χ4n) is 2.15. The van der Waals surface area contributed by atoms with Crippen LogP contribution in [0, 0.1) is 0 Å². The maximum absolute atomic E-state index is 12.5. The molecule has 26 heavy (non-hydrogen) atoms. The highest BCUT2D eigenvalue weighted by Gasteiger charge is 2.16. The van der Waals surface area contributed by atoms with Gasteiger partial charge in [-0.15, -0.1) is 0 Å². The number of aromatic nitrogens is 2. The van der Waals surface area contributed by atoms with E-state index in [-0.39, 0.29) is 17.9 Å². The van der Waals surface area contributed by atoms with Gasteiger partial charge < -0.3 is 20.1 Å². The molecule has 8 nitrogen and oxygen atoms in total. The van der Waals surface area contributed by atoms with Gasteiger partial charge in [-0.3, -0.25) is 4.79 Å². The molecular weight excluding hydrogens is 336 g/mol. The first-order valence-corrected chi connectivity index (χ1v) is 8.29. The number of methoxy groups -OCH3 is 1. The summed E-state index contributed by atoms with van der Waals surface area (Å²) in [5.74, 6) is -0.580. The molecule has 0 saturated carbocycles. The van der Waals surface area contributed by atoms with Crippen LogP contribution in [-0.2, 0) is 9.47 Å². The number of amides is 1. The third kappa shape index (κ3) is 5.52. The van der Waals surface area contributed by atoms with E-state index in [1.165, 1.54) is 12.3 Å². The van der Waals surface area contributed by atoms with Crippen molar-refractivity contribution in [2.45, 2.75) is 13.3 Å². The van der Waals surface area contributed by atoms with Gasteiger partial charge in [-0.2, -0.15) is 0 Å². The van der Waals surface area contributed by atoms with Gasteiger partial charge in [0.15, 0.2) is 0 Å². The van der Waals surface area contributed by atoms with Crippen LogP contribution < -0.4 is 10.6 Å². The highest BCUT2D eigenvalue weighted by molar-refractivity contribution is 6.07. The summed E-state index contributed by atoms with van der Waals surface area (Å²) in [6.07, 6.45) is 2.29. The van der Waals surface area contributed by atoms with E-state index in [0.717, 1.165) is 6.42 Å². The molecule has 1 amide bonds. The zero-order valence-corrected chi connectivity index (χ0v) is 14.8. The monoisotopic (exact) mass is 358 g/mol. The summed E-state index contributed by atoms with van der Waals surface area (Å²) in [5.41, 5.74) is 0.840. The first-order valence-electron chi connectivity index (χ1n) is 8.29. The minimum Gasteiger partial charge on any atom is -0.462 e. The zero-order chi connectivity index (χ0) is 18.8. The van der Waals surface area contributed by atoms with Gasteiger partial charge in [0.1, 0.15) is 5.69 Å². The van der Waals surface area contributed by atoms with Gasteiger partial charge in [0, 0.05) is 26.5 Å². The molecule has 1 aromatic heterocycles. The molecule has 0 radical (unpaired) electrons. The summed E-state index contributed by atoms with van der Waals surface area (Å²) in [4.78, 5) is 32.7. The van der Waals surface area contributed by atoms with Gasteiger partial charge in [0.25, 0.3) is 5.91 Å². The average molecular weight is 358 g/mol. The highest BCUT2D eigenvalue weighted by atomic mass is 16.5. The summed E-state index contributed by atoms with van der Waals surface area (Å²) in [6, 6.07) is 8.16. The predicted octanol–water partition coefficient (Wildman–Crippen LogP) is 2.35. The van der Waals surface area contributed by atoms with Gasteiger partial charge >= 0.3 is 5.97 Å². The van der Waals surface area contributed by atoms with Gasteiger partial charge in [0.2, 0.25) is 5.95 Å². The Morgan fingerprint density at radius 3 is 2.77 bits per heavy atom. The number of nitrogens with one attached hydrogen (secondary N) is 2. The Morgan fingerprint density at radius 2 is 2.00 bits per heavy atom. The Balaban J connectivity index is 2.07. The minimum absolute atomic E-state index is 0.188. The average Bonchev–Trinajstić information content (AvgIpc) is 2.66. The topological polar surface area (TPSA) is 102 Å². The van der Waals surface area contributed by atoms with Crippen molar-refractivity contribution in [2.24, 2.45) is 0 Å². The molecule has 0 bridgehead atoms. The number of carbonyl (C=O) groups is 2. The molecule has 2 rings (SSSR count). The number of anilines is 2. The normalized spacial score (nSPS) is 10.2. The van der Waals surface area contributed by atoms with E-state index in [1.807, 2.05) is 0 Å². The van der Waals surface area contributed by atoms with E-state index in [9.17, 15) is 9.59 Å². The van der Waals surface area contributed by atoms with Crippen molar-refractivity contribution in [1.82, 2.24) is 9.97 Å². The fourth-order valence-corrected chi connectivity index (χ4v) is 2.15. The van der Waals surface area contributed by atoms with Gasteiger partial charge in [-0.1, -0.05) is 12.1 Å². The molecule has 138 valence electrons. The lowest BCUT2D eigenvalue weighted by Gasteiger charge is -2.10. The van der Waals surface area contributed by atoms with Gasteiger partial charge in [-0.05, 0) is 31.5 Å². The van der Waals surface area contributed by atoms with Crippen LogP contribution >= 0.6 is 0 Å². The second-order valence-corrected chi connectivity index (χ2v) is 5.26. The van der Waals surface area contributed by atoms with E-state index in [4.69, 9.17) is 9.47 Å². The number of hydrogen-bond acceptors (Lipinski definition) is 7. The molecule has 0 aliphatic heterocycles. The van der Waals surface area contributed by atoms with Crippen LogP contribution in [-0.4, -0.2) is 48.7 Å². The van der Waals surface area contributed by atoms with E-state index in [2.05, 4.69) is 20.6 Å². The third-order valence-electron chi connectivity index (χ3n) is 3.37. The van der Waals surface area contributed by atoms with Crippen LogP contribution in [0.25, 0.3) is 0 Å². The number of esters is 1. The van der Waals surface area contributed by atoms with E-state index in [1.54, 1.807) is 38.3 Å². The Labute approximate surface area is 151 Å². The second-order valence-electron chi connectivity index (χ2n) is 5.26. The van der Waals surface area contributed by atoms with Gasteiger partial charge in [0.05, 0.1) is 17.9 Å². The molecule has 8 heteroatoms. The Morgan fingerprint density at radius 1 is 1.19 bits per heavy atom. The summed E-state index contributed by atoms with van der Waals surface area (Å²) < 4.78 is 9.98. The zero-order valence-electron chi connectivity index (χ0n) is 14.8. The summed E-state index contributed by atoms with van der Waals surface area (Å²) in [5, 5.41) is 5.72. The molecule has 0 unspecified atom stereocenters. The number of rotatable bonds is 9. The van der Waals surface area contributed by atoms with Crippen molar-refractivity contribution in [3.63, 3.8) is 0 Å². The van der Waals surface area contributed by atoms with Crippen LogP contribution in [0.3, 0.4) is 0 Å². The molecule has 0 aliphatic rings. The van der Waals surface area contributed by atoms with E-state index < -0.39 is 11.9 Å². The number of ether oxygens (including phenoxy) is 2. The standard InChI is InChI=1S/C18H22N4O4/c1-3-26-17(24)13-7-4-5-8-14(13)21-16(23)15-9-11-20-18(22-15)19-10-6-12-25-2/h4-5,7-9,11H,3,6,10,12H2,1-2H3,(H,21,23)(H,19,20,22). The molecule has 2 N–H and O–H groups in total. The highest BCUT2D eigenvalue weighted by Crippen LogP contribution is 2.17. The Hall–Kier alpha value is -3.00. The quantitative estimate of drug-likeness (QED) is 0.524. The van der Waals surface area contributed by atoms with Crippen molar-refractivity contribution in [3.8, 4) is 0 Å². The van der Waals surface area contributed by atoms with Crippen molar-refractivity contribution in [3.05, 3.63) is 47.8 Å². The largest absolute Gasteiger partial charge is 0.462 e. The number of benzene rings is 1. The molecule has 1 aromatic carbocycles. The molecular formula is C18H22N4O4. The lowest BCUT2D eigenvalue weighted by molar-refractivity contribution is 0.0527. The first-order chi connectivity index (χ1) is 12.7. The first kappa shape index (κ1) is 19.3. The Bertz CT molecular complexity index is 751. The van der Waals surface area contributed by atoms with E-state index in [0.29, 0.717) is 24.8 Å². The van der Waals surface area contributed by atoms with Crippen molar-refractivity contribution in [1.29, 1.82) is 0 Å². The minimum atomic E-state index is -0.494. The maximum Gasteiger partial charge on any atom is 0.340 e. The molecule has 0 aliphatic carbocycles. The number of hydrogen-bond donors (Lipinski definition) is 2. The van der Waals surface area contributed by atoms with Crippen molar-refractivity contribution < 1.29 is 19.1 Å². The fraction of sp³-hybridized carbons (Fsp3) is 0.333. The number of para-hydroxylation sites is 1. The number of nitrogens with zero attached hydrogens (tertiary/aromatic N) is 2. The molecule has 0 saturated heterocycles. The molecule has 0 spiro atoms. The van der Waals surface area contributed by atoms with Crippen LogP contribution in [0.5, 0.6) is 0 Å². The lowest BCUT2D eigenvalue weighted by Crippen LogP contribution is -2.18. The van der Waals surface area contributed by atoms with E-state index >= 15 is 0 Å². The predicted molar refractivity (Wildman–Crippen MR) is 97.4 cm³/mol. The molecule has 1 heterocycles. The Kier molecular flexibility index (Phi) is 7.50. The van der Waals surface area contributed by atoms with Gasteiger partial charge in [-0.25, -0.2) is 14.8 Å². The SMILES string of the molecule is CCOC(=O)c1ccccc1NC(=O)c1ccnc(NCCCOC)n1. The smallest absolute Gasteiger partial charge is 0.340 e. The summed E-state index contributed by atoms with van der Waals surface area (Å²) in [6.45, 7) is 3.23. The van der Waals surface area contributed by atoms with Crippen LogP contribution in [0.4, 0.5) is 11.6 Å². The third-order valence-corrected chi connectivity index (χ3v) is 3.37. The van der Waals surface area contributed by atoms with Crippen LogP contribution in [0.2, 0.25) is 0 Å². The summed E-state index contributed by atoms with van der Waals surface area (Å²) >= 11 is 0. The lowest BCUT2D eigenvalue weighted by atomic mass is 10.1. The number of carbonyl (C=O) groups excluding carboxylic acids is 2. The summed E-state index contributed by atoms with van der Waals surface area (Å²) in [7, 11) is 1.63. The van der Waals surface area contributed by atoms with Crippen molar-refractivity contribution in [2.75, 3.05) is 37.5 Å². The van der Waals surface area contributed by atoms with Crippen LogP contribution in [0.15, 0.2) is 36.5 Å². The molecule has 2 aromatic rings. The maximum atomic E-state index is 12.5. The molecule has 0 atom stereocenters.